The zero-order chi connectivity index (χ0) is 14.5. The minimum Gasteiger partial charge on any atom is -0.497 e. The Morgan fingerprint density at radius 3 is 2.55 bits per heavy atom. The van der Waals surface area contributed by atoms with Crippen molar-refractivity contribution in [2.45, 2.75) is 13.0 Å². The van der Waals surface area contributed by atoms with E-state index in [2.05, 4.69) is 10.4 Å². The van der Waals surface area contributed by atoms with Crippen LogP contribution in [0.5, 0.6) is 11.5 Å². The maximum absolute atomic E-state index is 5.74. The Kier molecular flexibility index (Phi) is 4.55. The summed E-state index contributed by atoms with van der Waals surface area (Å²) in [6, 6.07) is 7.42. The van der Waals surface area contributed by atoms with Crippen molar-refractivity contribution in [1.82, 2.24) is 10.4 Å². The van der Waals surface area contributed by atoms with Gasteiger partial charge >= 0.3 is 0 Å². The van der Waals surface area contributed by atoms with Crippen LogP contribution in [0.4, 0.5) is 0 Å². The first-order valence-corrected chi connectivity index (χ1v) is 6.29. The van der Waals surface area contributed by atoms with Crippen LogP contribution < -0.4 is 20.7 Å². The van der Waals surface area contributed by atoms with Gasteiger partial charge in [-0.1, -0.05) is 0 Å². The van der Waals surface area contributed by atoms with E-state index >= 15 is 0 Å². The van der Waals surface area contributed by atoms with Crippen molar-refractivity contribution in [2.75, 3.05) is 14.2 Å². The van der Waals surface area contributed by atoms with Crippen LogP contribution in [0.3, 0.4) is 0 Å². The van der Waals surface area contributed by atoms with Gasteiger partial charge in [-0.25, -0.2) is 5.43 Å². The van der Waals surface area contributed by atoms with Crippen LogP contribution in [0.2, 0.25) is 0 Å². The third-order valence-electron chi connectivity index (χ3n) is 3.31. The lowest BCUT2D eigenvalue weighted by atomic mass is 9.96. The van der Waals surface area contributed by atoms with E-state index in [0.29, 0.717) is 0 Å². The zero-order valence-electron chi connectivity index (χ0n) is 11.9. The SMILES string of the molecule is COc1ccc(C(NN)c2cnccc2C)c(OC)c1. The van der Waals surface area contributed by atoms with Crippen LogP contribution in [-0.2, 0) is 0 Å². The number of hydrogen-bond acceptors (Lipinski definition) is 5. The quantitative estimate of drug-likeness (QED) is 0.644. The van der Waals surface area contributed by atoms with Gasteiger partial charge in [0.2, 0.25) is 0 Å². The fourth-order valence-corrected chi connectivity index (χ4v) is 2.18. The van der Waals surface area contributed by atoms with Crippen LogP contribution in [0.15, 0.2) is 36.7 Å². The molecular weight excluding hydrogens is 254 g/mol. The number of pyridine rings is 1. The number of hydrazine groups is 1. The van der Waals surface area contributed by atoms with Crippen molar-refractivity contribution in [3.05, 3.63) is 53.3 Å². The Balaban J connectivity index is 2.49. The third kappa shape index (κ3) is 2.74. The molecule has 0 aliphatic carbocycles. The molecule has 5 heteroatoms. The minimum absolute atomic E-state index is 0.190. The first kappa shape index (κ1) is 14.3. The van der Waals surface area contributed by atoms with E-state index in [1.807, 2.05) is 37.4 Å². The van der Waals surface area contributed by atoms with E-state index < -0.39 is 0 Å². The van der Waals surface area contributed by atoms with E-state index in [-0.39, 0.29) is 6.04 Å². The molecule has 2 aromatic rings. The summed E-state index contributed by atoms with van der Waals surface area (Å²) in [7, 11) is 3.25. The van der Waals surface area contributed by atoms with Crippen molar-refractivity contribution < 1.29 is 9.47 Å². The molecule has 3 N–H and O–H groups in total. The molecule has 0 saturated heterocycles. The monoisotopic (exact) mass is 273 g/mol. The number of methoxy groups -OCH3 is 2. The van der Waals surface area contributed by atoms with Gasteiger partial charge in [0.15, 0.2) is 0 Å². The van der Waals surface area contributed by atoms with Gasteiger partial charge in [-0.3, -0.25) is 10.8 Å². The standard InChI is InChI=1S/C15H19N3O2/c1-10-6-7-17-9-13(10)15(18-16)12-5-4-11(19-2)8-14(12)20-3/h4-9,15,18H,16H2,1-3H3. The molecule has 0 spiro atoms. The van der Waals surface area contributed by atoms with Gasteiger partial charge in [-0.15, -0.1) is 0 Å². The molecule has 0 bridgehead atoms. The highest BCUT2D eigenvalue weighted by atomic mass is 16.5. The van der Waals surface area contributed by atoms with Gasteiger partial charge in [-0.2, -0.15) is 0 Å². The second-order valence-corrected chi connectivity index (χ2v) is 4.44. The van der Waals surface area contributed by atoms with Crippen molar-refractivity contribution in [2.24, 2.45) is 5.84 Å². The summed E-state index contributed by atoms with van der Waals surface area (Å²) in [6.45, 7) is 2.03. The maximum atomic E-state index is 5.74. The first-order chi connectivity index (χ1) is 9.71. The molecule has 20 heavy (non-hydrogen) atoms. The summed E-state index contributed by atoms with van der Waals surface area (Å²) < 4.78 is 10.6. The van der Waals surface area contributed by atoms with Crippen molar-refractivity contribution in [3.8, 4) is 11.5 Å². The highest BCUT2D eigenvalue weighted by molar-refractivity contribution is 5.46. The van der Waals surface area contributed by atoms with Gasteiger partial charge < -0.3 is 9.47 Å². The lowest BCUT2D eigenvalue weighted by Crippen LogP contribution is -2.29. The molecule has 0 aliphatic rings. The number of nitrogens with two attached hydrogens (primary N) is 1. The van der Waals surface area contributed by atoms with Gasteiger partial charge in [0, 0.05) is 24.0 Å². The number of nitrogens with one attached hydrogen (secondary N) is 1. The third-order valence-corrected chi connectivity index (χ3v) is 3.31. The van der Waals surface area contributed by atoms with Crippen molar-refractivity contribution in [1.29, 1.82) is 0 Å². The van der Waals surface area contributed by atoms with E-state index in [9.17, 15) is 0 Å². The Bertz CT molecular complexity index is 587. The Morgan fingerprint density at radius 2 is 1.95 bits per heavy atom. The molecule has 0 amide bonds. The number of benzene rings is 1. The molecular formula is C15H19N3O2. The van der Waals surface area contributed by atoms with Crippen LogP contribution in [0.1, 0.15) is 22.7 Å². The smallest absolute Gasteiger partial charge is 0.127 e. The molecule has 0 fully saturated rings. The summed E-state index contributed by atoms with van der Waals surface area (Å²) in [5.74, 6) is 7.19. The molecule has 1 atom stereocenters. The number of aryl methyl sites for hydroxylation is 1. The highest BCUT2D eigenvalue weighted by Gasteiger charge is 2.19. The average molecular weight is 273 g/mol. The predicted octanol–water partition coefficient (Wildman–Crippen LogP) is 1.96. The summed E-state index contributed by atoms with van der Waals surface area (Å²) in [6.07, 6.45) is 3.57. The summed E-state index contributed by atoms with van der Waals surface area (Å²) in [5, 5.41) is 0. The lowest BCUT2D eigenvalue weighted by Gasteiger charge is -2.21. The number of ether oxygens (including phenoxy) is 2. The normalized spacial score (nSPS) is 12.0. The zero-order valence-corrected chi connectivity index (χ0v) is 11.9. The number of nitrogens with zero attached hydrogens (tertiary/aromatic N) is 1. The minimum atomic E-state index is -0.190. The van der Waals surface area contributed by atoms with Crippen LogP contribution in [0, 0.1) is 6.92 Å². The number of hydrogen-bond donors (Lipinski definition) is 2. The van der Waals surface area contributed by atoms with E-state index in [0.717, 1.165) is 28.2 Å². The second-order valence-electron chi connectivity index (χ2n) is 4.44. The van der Waals surface area contributed by atoms with Gasteiger partial charge in [0.25, 0.3) is 0 Å². The van der Waals surface area contributed by atoms with Crippen LogP contribution in [0.25, 0.3) is 0 Å². The molecule has 106 valence electrons. The number of aromatic nitrogens is 1. The molecule has 1 heterocycles. The topological polar surface area (TPSA) is 69.4 Å². The molecule has 0 saturated carbocycles. The van der Waals surface area contributed by atoms with E-state index in [1.165, 1.54) is 0 Å². The van der Waals surface area contributed by atoms with E-state index in [1.54, 1.807) is 20.4 Å². The van der Waals surface area contributed by atoms with Gasteiger partial charge in [0.1, 0.15) is 11.5 Å². The van der Waals surface area contributed by atoms with Gasteiger partial charge in [0.05, 0.1) is 20.3 Å². The summed E-state index contributed by atoms with van der Waals surface area (Å²) in [4.78, 5) is 4.17. The summed E-state index contributed by atoms with van der Waals surface area (Å²) in [5.41, 5.74) is 5.89. The molecule has 0 radical (unpaired) electrons. The van der Waals surface area contributed by atoms with Crippen molar-refractivity contribution in [3.63, 3.8) is 0 Å². The molecule has 2 rings (SSSR count). The fraction of sp³-hybridized carbons (Fsp3) is 0.267. The largest absolute Gasteiger partial charge is 0.497 e. The lowest BCUT2D eigenvalue weighted by molar-refractivity contribution is 0.387. The molecule has 1 unspecified atom stereocenters. The average Bonchev–Trinajstić information content (AvgIpc) is 2.50. The molecule has 1 aromatic heterocycles. The second kappa shape index (κ2) is 6.36. The fourth-order valence-electron chi connectivity index (χ4n) is 2.18. The number of rotatable bonds is 5. The van der Waals surface area contributed by atoms with Crippen LogP contribution in [-0.4, -0.2) is 19.2 Å². The first-order valence-electron chi connectivity index (χ1n) is 6.29. The molecule has 5 nitrogen and oxygen atoms in total. The molecule has 1 aromatic carbocycles. The Labute approximate surface area is 118 Å². The Hall–Kier alpha value is -2.11. The van der Waals surface area contributed by atoms with Gasteiger partial charge in [-0.05, 0) is 36.2 Å². The molecule has 0 aliphatic heterocycles. The summed E-state index contributed by atoms with van der Waals surface area (Å²) >= 11 is 0. The van der Waals surface area contributed by atoms with Crippen LogP contribution >= 0.6 is 0 Å². The maximum Gasteiger partial charge on any atom is 0.127 e. The Morgan fingerprint density at radius 1 is 1.15 bits per heavy atom. The van der Waals surface area contributed by atoms with Crippen molar-refractivity contribution >= 4 is 0 Å². The predicted molar refractivity (Wildman–Crippen MR) is 77.7 cm³/mol. The highest BCUT2D eigenvalue weighted by Crippen LogP contribution is 2.33. The van der Waals surface area contributed by atoms with E-state index in [4.69, 9.17) is 15.3 Å².